The van der Waals surface area contributed by atoms with E-state index in [-0.39, 0.29) is 18.6 Å². The van der Waals surface area contributed by atoms with Crippen molar-refractivity contribution in [3.63, 3.8) is 0 Å². The van der Waals surface area contributed by atoms with Crippen LogP contribution in [0.1, 0.15) is 25.7 Å². The van der Waals surface area contributed by atoms with Crippen molar-refractivity contribution in [3.8, 4) is 0 Å². The molecule has 0 aromatic carbocycles. The van der Waals surface area contributed by atoms with E-state index < -0.39 is 0 Å². The molecule has 1 aliphatic heterocycles. The van der Waals surface area contributed by atoms with Crippen molar-refractivity contribution in [3.05, 3.63) is 12.2 Å². The van der Waals surface area contributed by atoms with E-state index in [1.165, 1.54) is 0 Å². The Morgan fingerprint density at radius 1 is 1.31 bits per heavy atom. The highest BCUT2D eigenvalue weighted by Crippen LogP contribution is 2.09. The zero-order valence-electron chi connectivity index (χ0n) is 9.58. The number of ether oxygens (including phenoxy) is 1. The molecule has 1 amide bonds. The van der Waals surface area contributed by atoms with Gasteiger partial charge < -0.3 is 15.4 Å². The largest absolute Gasteiger partial charge is 0.368 e. The van der Waals surface area contributed by atoms with E-state index in [1.54, 1.807) is 0 Å². The second-order valence-electron chi connectivity index (χ2n) is 4.47. The molecule has 0 saturated carbocycles. The first-order valence-electron chi connectivity index (χ1n) is 6.11. The normalized spacial score (nSPS) is 22.5. The number of nitrogens with one attached hydrogen (secondary N) is 2. The van der Waals surface area contributed by atoms with Gasteiger partial charge in [-0.05, 0) is 38.8 Å². The molecule has 0 atom stereocenters. The number of carbonyl (C=O) groups is 1. The van der Waals surface area contributed by atoms with Gasteiger partial charge in [-0.1, -0.05) is 12.2 Å². The van der Waals surface area contributed by atoms with Crippen molar-refractivity contribution in [2.45, 2.75) is 37.8 Å². The van der Waals surface area contributed by atoms with Crippen LogP contribution < -0.4 is 10.6 Å². The Balaban J connectivity index is 1.59. The van der Waals surface area contributed by atoms with Gasteiger partial charge in [0.2, 0.25) is 5.91 Å². The van der Waals surface area contributed by atoms with Crippen LogP contribution in [0.5, 0.6) is 0 Å². The van der Waals surface area contributed by atoms with Crippen LogP contribution in [0.15, 0.2) is 12.2 Å². The van der Waals surface area contributed by atoms with E-state index in [0.29, 0.717) is 6.04 Å². The second-order valence-corrected chi connectivity index (χ2v) is 4.47. The molecule has 0 bridgehead atoms. The molecule has 0 spiro atoms. The van der Waals surface area contributed by atoms with Crippen LogP contribution in [0.4, 0.5) is 0 Å². The molecule has 2 N–H and O–H groups in total. The van der Waals surface area contributed by atoms with Crippen molar-refractivity contribution >= 4 is 5.91 Å². The molecule has 16 heavy (non-hydrogen) atoms. The SMILES string of the molecule is O=C(COC1CCNCC1)NC1CC=CC1. The maximum absolute atomic E-state index is 11.6. The molecular formula is C12H20N2O2. The Morgan fingerprint density at radius 3 is 2.69 bits per heavy atom. The van der Waals surface area contributed by atoms with Gasteiger partial charge in [0.1, 0.15) is 6.61 Å². The number of hydrogen-bond acceptors (Lipinski definition) is 3. The number of hydrogen-bond donors (Lipinski definition) is 2. The topological polar surface area (TPSA) is 50.4 Å². The van der Waals surface area contributed by atoms with Crippen LogP contribution in [0.3, 0.4) is 0 Å². The summed E-state index contributed by atoms with van der Waals surface area (Å²) in [5.74, 6) is 0.0206. The highest BCUT2D eigenvalue weighted by Gasteiger charge is 2.17. The molecular weight excluding hydrogens is 204 g/mol. The molecule has 0 radical (unpaired) electrons. The highest BCUT2D eigenvalue weighted by atomic mass is 16.5. The lowest BCUT2D eigenvalue weighted by molar-refractivity contribution is -0.128. The maximum Gasteiger partial charge on any atom is 0.246 e. The van der Waals surface area contributed by atoms with Gasteiger partial charge in [0, 0.05) is 6.04 Å². The molecule has 4 heteroatoms. The minimum atomic E-state index is 0.0206. The van der Waals surface area contributed by atoms with Crippen LogP contribution in [-0.4, -0.2) is 37.7 Å². The number of carbonyl (C=O) groups excluding carboxylic acids is 1. The van der Waals surface area contributed by atoms with Gasteiger partial charge >= 0.3 is 0 Å². The zero-order chi connectivity index (χ0) is 11.2. The fourth-order valence-electron chi connectivity index (χ4n) is 2.16. The van der Waals surface area contributed by atoms with Gasteiger partial charge in [0.25, 0.3) is 0 Å². The third-order valence-corrected chi connectivity index (χ3v) is 3.11. The summed E-state index contributed by atoms with van der Waals surface area (Å²) in [5.41, 5.74) is 0. The van der Waals surface area contributed by atoms with Crippen molar-refractivity contribution in [2.24, 2.45) is 0 Å². The second kappa shape index (κ2) is 6.01. The number of rotatable bonds is 4. The van der Waals surface area contributed by atoms with Crippen molar-refractivity contribution in [1.29, 1.82) is 0 Å². The molecule has 2 rings (SSSR count). The summed E-state index contributed by atoms with van der Waals surface area (Å²) in [7, 11) is 0. The van der Waals surface area contributed by atoms with E-state index in [2.05, 4.69) is 22.8 Å². The molecule has 1 fully saturated rings. The predicted molar refractivity (Wildman–Crippen MR) is 62.1 cm³/mol. The van der Waals surface area contributed by atoms with E-state index in [9.17, 15) is 4.79 Å². The molecule has 1 aliphatic carbocycles. The van der Waals surface area contributed by atoms with E-state index in [4.69, 9.17) is 4.74 Å². The Kier molecular flexibility index (Phi) is 4.36. The predicted octanol–water partition coefficient (Wildman–Crippen LogP) is 0.590. The Bertz CT molecular complexity index is 252. The summed E-state index contributed by atoms with van der Waals surface area (Å²) in [6, 6.07) is 0.295. The monoisotopic (exact) mass is 224 g/mol. The van der Waals surface area contributed by atoms with Crippen molar-refractivity contribution in [2.75, 3.05) is 19.7 Å². The number of piperidine rings is 1. The average molecular weight is 224 g/mol. The van der Waals surface area contributed by atoms with E-state index >= 15 is 0 Å². The van der Waals surface area contributed by atoms with Gasteiger partial charge in [-0.3, -0.25) is 4.79 Å². The minimum Gasteiger partial charge on any atom is -0.368 e. The summed E-state index contributed by atoms with van der Waals surface area (Å²) in [5, 5.41) is 6.25. The smallest absolute Gasteiger partial charge is 0.246 e. The zero-order valence-corrected chi connectivity index (χ0v) is 9.58. The fraction of sp³-hybridized carbons (Fsp3) is 0.750. The van der Waals surface area contributed by atoms with E-state index in [0.717, 1.165) is 38.8 Å². The Hall–Kier alpha value is -0.870. The maximum atomic E-state index is 11.6. The summed E-state index contributed by atoms with van der Waals surface area (Å²) >= 11 is 0. The summed E-state index contributed by atoms with van der Waals surface area (Å²) < 4.78 is 5.58. The molecule has 2 aliphatic rings. The molecule has 1 saturated heterocycles. The molecule has 90 valence electrons. The Labute approximate surface area is 96.4 Å². The molecule has 0 unspecified atom stereocenters. The van der Waals surface area contributed by atoms with Crippen molar-refractivity contribution in [1.82, 2.24) is 10.6 Å². The van der Waals surface area contributed by atoms with Gasteiger partial charge in [0.15, 0.2) is 0 Å². The standard InChI is InChI=1S/C12H20N2O2/c15-12(14-10-3-1-2-4-10)9-16-11-5-7-13-8-6-11/h1-2,10-11,13H,3-9H2,(H,14,15). The third-order valence-electron chi connectivity index (χ3n) is 3.11. The van der Waals surface area contributed by atoms with E-state index in [1.807, 2.05) is 0 Å². The summed E-state index contributed by atoms with van der Waals surface area (Å²) in [6.45, 7) is 2.21. The van der Waals surface area contributed by atoms with Gasteiger partial charge in [-0.25, -0.2) is 0 Å². The third kappa shape index (κ3) is 3.61. The van der Waals surface area contributed by atoms with Gasteiger partial charge in [-0.2, -0.15) is 0 Å². The highest BCUT2D eigenvalue weighted by molar-refractivity contribution is 5.77. The van der Waals surface area contributed by atoms with Crippen LogP contribution in [0, 0.1) is 0 Å². The van der Waals surface area contributed by atoms with Crippen LogP contribution in [0.25, 0.3) is 0 Å². The molecule has 4 nitrogen and oxygen atoms in total. The van der Waals surface area contributed by atoms with Crippen molar-refractivity contribution < 1.29 is 9.53 Å². The van der Waals surface area contributed by atoms with Crippen LogP contribution in [0.2, 0.25) is 0 Å². The van der Waals surface area contributed by atoms with Gasteiger partial charge in [-0.15, -0.1) is 0 Å². The lowest BCUT2D eigenvalue weighted by atomic mass is 10.1. The summed E-state index contributed by atoms with van der Waals surface area (Å²) in [4.78, 5) is 11.6. The summed E-state index contributed by atoms with van der Waals surface area (Å²) in [6.07, 6.45) is 8.42. The quantitative estimate of drug-likeness (QED) is 0.687. The minimum absolute atomic E-state index is 0.0206. The lowest BCUT2D eigenvalue weighted by Crippen LogP contribution is -2.38. The molecule has 0 aromatic heterocycles. The first-order chi connectivity index (χ1) is 7.84. The first-order valence-corrected chi connectivity index (χ1v) is 6.11. The molecule has 0 aromatic rings. The number of amides is 1. The Morgan fingerprint density at radius 2 is 2.00 bits per heavy atom. The average Bonchev–Trinajstić information content (AvgIpc) is 2.81. The lowest BCUT2D eigenvalue weighted by Gasteiger charge is -2.23. The van der Waals surface area contributed by atoms with Crippen LogP contribution in [-0.2, 0) is 9.53 Å². The fourth-order valence-corrected chi connectivity index (χ4v) is 2.16. The van der Waals surface area contributed by atoms with Crippen LogP contribution >= 0.6 is 0 Å². The van der Waals surface area contributed by atoms with Gasteiger partial charge in [0.05, 0.1) is 6.10 Å². The first kappa shape index (κ1) is 11.6. The molecule has 1 heterocycles.